The first kappa shape index (κ1) is 8.74. The van der Waals surface area contributed by atoms with Crippen LogP contribution in [-0.4, -0.2) is 13.4 Å². The zero-order chi connectivity index (χ0) is 8.97. The van der Waals surface area contributed by atoms with E-state index in [2.05, 4.69) is 5.48 Å². The number of carbonyl (C=O) groups excluding carboxylic acids is 1. The summed E-state index contributed by atoms with van der Waals surface area (Å²) < 4.78 is 0. The third-order valence-corrected chi connectivity index (χ3v) is 1.55. The molecule has 0 aliphatic heterocycles. The van der Waals surface area contributed by atoms with Gasteiger partial charge >= 0.3 is 0 Å². The van der Waals surface area contributed by atoms with E-state index in [9.17, 15) is 4.79 Å². The molecule has 0 unspecified atom stereocenters. The zero-order valence-electron chi connectivity index (χ0n) is 7.13. The maximum Gasteiger partial charge on any atom is 0.152 e. The van der Waals surface area contributed by atoms with Crippen LogP contribution in [0.15, 0.2) is 18.2 Å². The molecule has 3 nitrogen and oxygen atoms in total. The van der Waals surface area contributed by atoms with Crippen molar-refractivity contribution in [3.63, 3.8) is 0 Å². The number of hydrogen-bond donors (Lipinski definition) is 1. The number of rotatable bonds is 3. The second-order valence-corrected chi connectivity index (χ2v) is 2.51. The lowest BCUT2D eigenvalue weighted by atomic mass is 10.1. The van der Waals surface area contributed by atoms with Gasteiger partial charge in [-0.05, 0) is 19.1 Å². The quantitative estimate of drug-likeness (QED) is 0.548. The molecule has 12 heavy (non-hydrogen) atoms. The van der Waals surface area contributed by atoms with Gasteiger partial charge in [0.1, 0.15) is 0 Å². The van der Waals surface area contributed by atoms with E-state index in [0.29, 0.717) is 11.3 Å². The molecule has 3 heteroatoms. The van der Waals surface area contributed by atoms with Gasteiger partial charge in [-0.1, -0.05) is 11.6 Å². The molecule has 64 valence electrons. The number of anilines is 1. The van der Waals surface area contributed by atoms with Gasteiger partial charge in [0, 0.05) is 5.56 Å². The van der Waals surface area contributed by atoms with Gasteiger partial charge in [0.05, 0.1) is 12.8 Å². The smallest absolute Gasteiger partial charge is 0.152 e. The summed E-state index contributed by atoms with van der Waals surface area (Å²) in [6.45, 7) is 1.93. The zero-order valence-corrected chi connectivity index (χ0v) is 7.13. The van der Waals surface area contributed by atoms with Crippen molar-refractivity contribution in [2.45, 2.75) is 6.92 Å². The van der Waals surface area contributed by atoms with Crippen LogP contribution in [-0.2, 0) is 4.84 Å². The van der Waals surface area contributed by atoms with Gasteiger partial charge in [-0.15, -0.1) is 0 Å². The van der Waals surface area contributed by atoms with Gasteiger partial charge in [0.15, 0.2) is 6.29 Å². The Kier molecular flexibility index (Phi) is 2.82. The maximum atomic E-state index is 10.6. The Labute approximate surface area is 71.3 Å². The maximum absolute atomic E-state index is 10.6. The Morgan fingerprint density at radius 3 is 2.83 bits per heavy atom. The molecule has 0 bridgehead atoms. The molecule has 0 radical (unpaired) electrons. The molecule has 1 aromatic carbocycles. The molecule has 0 fully saturated rings. The Morgan fingerprint density at radius 1 is 1.50 bits per heavy atom. The summed E-state index contributed by atoms with van der Waals surface area (Å²) in [5.74, 6) is 0. The number of nitrogens with one attached hydrogen (secondary N) is 1. The number of hydrogen-bond acceptors (Lipinski definition) is 3. The van der Waals surface area contributed by atoms with Crippen molar-refractivity contribution in [2.75, 3.05) is 12.6 Å². The topological polar surface area (TPSA) is 38.3 Å². The first-order valence-electron chi connectivity index (χ1n) is 3.62. The van der Waals surface area contributed by atoms with E-state index >= 15 is 0 Å². The highest BCUT2D eigenvalue weighted by Crippen LogP contribution is 2.14. The first-order valence-corrected chi connectivity index (χ1v) is 3.62. The van der Waals surface area contributed by atoms with E-state index in [1.165, 1.54) is 7.11 Å². The lowest BCUT2D eigenvalue weighted by Gasteiger charge is -2.05. The standard InChI is InChI=1S/C9H11NO2/c1-7-3-4-9(10-12-2)8(5-7)6-11/h3-6,10H,1-2H3. The molecule has 0 saturated heterocycles. The van der Waals surface area contributed by atoms with Crippen molar-refractivity contribution in [3.8, 4) is 0 Å². The molecular weight excluding hydrogens is 154 g/mol. The summed E-state index contributed by atoms with van der Waals surface area (Å²) in [5, 5.41) is 0. The molecule has 1 rings (SSSR count). The third-order valence-electron chi connectivity index (χ3n) is 1.55. The van der Waals surface area contributed by atoms with Crippen LogP contribution in [0.3, 0.4) is 0 Å². The van der Waals surface area contributed by atoms with Crippen molar-refractivity contribution in [1.29, 1.82) is 0 Å². The van der Waals surface area contributed by atoms with Crippen molar-refractivity contribution >= 4 is 12.0 Å². The van der Waals surface area contributed by atoms with Crippen LogP contribution in [0.2, 0.25) is 0 Å². The number of benzene rings is 1. The predicted molar refractivity (Wildman–Crippen MR) is 47.2 cm³/mol. The van der Waals surface area contributed by atoms with E-state index in [1.807, 2.05) is 19.1 Å². The number of carbonyl (C=O) groups is 1. The van der Waals surface area contributed by atoms with Crippen molar-refractivity contribution in [1.82, 2.24) is 0 Å². The lowest BCUT2D eigenvalue weighted by molar-refractivity contribution is 0.112. The molecule has 0 saturated carbocycles. The highest BCUT2D eigenvalue weighted by Gasteiger charge is 1.99. The number of aldehydes is 1. The van der Waals surface area contributed by atoms with E-state index in [0.717, 1.165) is 11.8 Å². The molecule has 0 spiro atoms. The van der Waals surface area contributed by atoms with E-state index in [-0.39, 0.29) is 0 Å². The molecule has 0 aromatic heterocycles. The van der Waals surface area contributed by atoms with Gasteiger partial charge in [-0.3, -0.25) is 15.1 Å². The Balaban J connectivity index is 3.02. The molecule has 1 aromatic rings. The van der Waals surface area contributed by atoms with Gasteiger partial charge in [-0.2, -0.15) is 0 Å². The van der Waals surface area contributed by atoms with Crippen molar-refractivity contribution in [2.24, 2.45) is 0 Å². The fourth-order valence-corrected chi connectivity index (χ4v) is 0.983. The lowest BCUT2D eigenvalue weighted by Crippen LogP contribution is -1.99. The normalized spacial score (nSPS) is 9.50. The first-order chi connectivity index (χ1) is 5.77. The Bertz CT molecular complexity index is 284. The largest absolute Gasteiger partial charge is 0.298 e. The summed E-state index contributed by atoms with van der Waals surface area (Å²) in [6, 6.07) is 5.52. The third kappa shape index (κ3) is 1.83. The summed E-state index contributed by atoms with van der Waals surface area (Å²) in [5.41, 5.74) is 4.98. The molecule has 0 atom stereocenters. The van der Waals surface area contributed by atoms with Crippen LogP contribution in [0.5, 0.6) is 0 Å². The Hall–Kier alpha value is -1.35. The minimum Gasteiger partial charge on any atom is -0.298 e. The predicted octanol–water partition coefficient (Wildman–Crippen LogP) is 1.78. The summed E-state index contributed by atoms with van der Waals surface area (Å²) >= 11 is 0. The molecule has 0 aliphatic carbocycles. The second-order valence-electron chi connectivity index (χ2n) is 2.51. The highest BCUT2D eigenvalue weighted by molar-refractivity contribution is 5.84. The highest BCUT2D eigenvalue weighted by atomic mass is 16.6. The number of aryl methyl sites for hydroxylation is 1. The van der Waals surface area contributed by atoms with Crippen LogP contribution >= 0.6 is 0 Å². The van der Waals surface area contributed by atoms with E-state index < -0.39 is 0 Å². The summed E-state index contributed by atoms with van der Waals surface area (Å²) in [7, 11) is 1.51. The second kappa shape index (κ2) is 3.88. The Morgan fingerprint density at radius 2 is 2.25 bits per heavy atom. The van der Waals surface area contributed by atoms with Crippen molar-refractivity contribution in [3.05, 3.63) is 29.3 Å². The van der Waals surface area contributed by atoms with Crippen LogP contribution in [0.1, 0.15) is 15.9 Å². The molecule has 0 aliphatic rings. The van der Waals surface area contributed by atoms with E-state index in [4.69, 9.17) is 4.84 Å². The minimum atomic E-state index is 0.608. The van der Waals surface area contributed by atoms with Gasteiger partial charge < -0.3 is 0 Å². The van der Waals surface area contributed by atoms with Gasteiger partial charge in [0.25, 0.3) is 0 Å². The average molecular weight is 165 g/mol. The summed E-state index contributed by atoms with van der Waals surface area (Å²) in [4.78, 5) is 15.3. The summed E-state index contributed by atoms with van der Waals surface area (Å²) in [6.07, 6.45) is 0.800. The van der Waals surface area contributed by atoms with Crippen LogP contribution < -0.4 is 5.48 Å². The van der Waals surface area contributed by atoms with E-state index in [1.54, 1.807) is 6.07 Å². The molecule has 1 N–H and O–H groups in total. The van der Waals surface area contributed by atoms with Gasteiger partial charge in [0.2, 0.25) is 0 Å². The average Bonchev–Trinajstić information content (AvgIpc) is 2.08. The van der Waals surface area contributed by atoms with Crippen LogP contribution in [0.4, 0.5) is 5.69 Å². The van der Waals surface area contributed by atoms with Gasteiger partial charge in [-0.25, -0.2) is 0 Å². The fourth-order valence-electron chi connectivity index (χ4n) is 0.983. The SMILES string of the molecule is CONc1ccc(C)cc1C=O. The van der Waals surface area contributed by atoms with Crippen LogP contribution in [0.25, 0.3) is 0 Å². The fraction of sp³-hybridized carbons (Fsp3) is 0.222. The van der Waals surface area contributed by atoms with Crippen molar-refractivity contribution < 1.29 is 9.63 Å². The molecule has 0 heterocycles. The molecular formula is C9H11NO2. The monoisotopic (exact) mass is 165 g/mol. The molecule has 0 amide bonds. The van der Waals surface area contributed by atoms with Crippen LogP contribution in [0, 0.1) is 6.92 Å². The minimum absolute atomic E-state index is 0.608.